The molecule has 0 fully saturated rings. The minimum atomic E-state index is -0.301. The highest BCUT2D eigenvalue weighted by Crippen LogP contribution is 2.30. The molecule has 7 nitrogen and oxygen atoms in total. The third-order valence-corrected chi connectivity index (χ3v) is 4.20. The fraction of sp³-hybridized carbons (Fsp3) is 0.316. The molecule has 0 amide bonds. The summed E-state index contributed by atoms with van der Waals surface area (Å²) in [5, 5.41) is 7.78. The van der Waals surface area contributed by atoms with Crippen molar-refractivity contribution in [1.29, 1.82) is 0 Å². The Hall–Kier alpha value is -3.09. The maximum atomic E-state index is 12.3. The van der Waals surface area contributed by atoms with Crippen LogP contribution in [0, 0.1) is 0 Å². The van der Waals surface area contributed by atoms with E-state index < -0.39 is 0 Å². The van der Waals surface area contributed by atoms with Crippen molar-refractivity contribution < 1.29 is 9.47 Å². The summed E-state index contributed by atoms with van der Waals surface area (Å²) in [5.74, 6) is 1.57. The fourth-order valence-electron chi connectivity index (χ4n) is 2.84. The van der Waals surface area contributed by atoms with E-state index in [1.165, 1.54) is 9.36 Å². The Morgan fingerprint density at radius 2 is 1.77 bits per heavy atom. The number of ether oxygens (including phenoxy) is 2. The second kappa shape index (κ2) is 7.43. The maximum absolute atomic E-state index is 12.3. The SMILES string of the molecule is COc1ccccc1OCc1c(C(C)C)cccc1-n1nnn(C)c1=O. The first-order valence-electron chi connectivity index (χ1n) is 8.40. The van der Waals surface area contributed by atoms with Gasteiger partial charge >= 0.3 is 5.69 Å². The lowest BCUT2D eigenvalue weighted by atomic mass is 9.96. The van der Waals surface area contributed by atoms with Gasteiger partial charge in [-0.3, -0.25) is 0 Å². The monoisotopic (exact) mass is 354 g/mol. The molecule has 26 heavy (non-hydrogen) atoms. The Bertz CT molecular complexity index is 959. The number of methoxy groups -OCH3 is 1. The van der Waals surface area contributed by atoms with Crippen LogP contribution in [0.3, 0.4) is 0 Å². The average Bonchev–Trinajstić information content (AvgIpc) is 2.98. The van der Waals surface area contributed by atoms with Crippen LogP contribution in [0.2, 0.25) is 0 Å². The first kappa shape index (κ1) is 17.7. The summed E-state index contributed by atoms with van der Waals surface area (Å²) in [6.45, 7) is 4.49. The highest BCUT2D eigenvalue weighted by Gasteiger charge is 2.17. The van der Waals surface area contributed by atoms with Crippen LogP contribution in [-0.4, -0.2) is 26.9 Å². The lowest BCUT2D eigenvalue weighted by Crippen LogP contribution is -2.23. The largest absolute Gasteiger partial charge is 0.493 e. The summed E-state index contributed by atoms with van der Waals surface area (Å²) in [7, 11) is 3.18. The van der Waals surface area contributed by atoms with E-state index in [-0.39, 0.29) is 18.2 Å². The normalized spacial score (nSPS) is 11.0. The Kier molecular flexibility index (Phi) is 5.06. The predicted octanol–water partition coefficient (Wildman–Crippen LogP) is 2.68. The number of para-hydroxylation sites is 2. The van der Waals surface area contributed by atoms with Crippen molar-refractivity contribution in [2.75, 3.05) is 7.11 Å². The van der Waals surface area contributed by atoms with Crippen LogP contribution in [0.1, 0.15) is 30.9 Å². The molecule has 0 saturated carbocycles. The minimum absolute atomic E-state index is 0.263. The second-order valence-corrected chi connectivity index (χ2v) is 6.24. The van der Waals surface area contributed by atoms with Crippen molar-refractivity contribution in [3.8, 4) is 17.2 Å². The predicted molar refractivity (Wildman–Crippen MR) is 98.0 cm³/mol. The van der Waals surface area contributed by atoms with Crippen LogP contribution < -0.4 is 15.2 Å². The zero-order valence-electron chi connectivity index (χ0n) is 15.3. The molecule has 0 unspecified atom stereocenters. The summed E-state index contributed by atoms with van der Waals surface area (Å²) >= 11 is 0. The molecule has 3 aromatic rings. The quantitative estimate of drug-likeness (QED) is 0.681. The number of aryl methyl sites for hydroxylation is 1. The lowest BCUT2D eigenvalue weighted by Gasteiger charge is -2.18. The molecule has 0 spiro atoms. The van der Waals surface area contributed by atoms with Crippen LogP contribution in [0.15, 0.2) is 47.3 Å². The van der Waals surface area contributed by atoms with Crippen LogP contribution in [0.5, 0.6) is 11.5 Å². The Morgan fingerprint density at radius 1 is 1.04 bits per heavy atom. The third-order valence-electron chi connectivity index (χ3n) is 4.20. The number of hydrogen-bond donors (Lipinski definition) is 0. The molecule has 1 heterocycles. The third kappa shape index (κ3) is 3.33. The van der Waals surface area contributed by atoms with E-state index in [9.17, 15) is 4.79 Å². The lowest BCUT2D eigenvalue weighted by molar-refractivity contribution is 0.282. The fourth-order valence-corrected chi connectivity index (χ4v) is 2.84. The minimum Gasteiger partial charge on any atom is -0.493 e. The van der Waals surface area contributed by atoms with E-state index in [4.69, 9.17) is 9.47 Å². The number of hydrogen-bond acceptors (Lipinski definition) is 5. The van der Waals surface area contributed by atoms with Crippen LogP contribution in [-0.2, 0) is 13.7 Å². The average molecular weight is 354 g/mol. The summed E-state index contributed by atoms with van der Waals surface area (Å²) < 4.78 is 13.9. The van der Waals surface area contributed by atoms with Gasteiger partial charge in [-0.15, -0.1) is 0 Å². The molecule has 2 aromatic carbocycles. The molecule has 0 N–H and O–H groups in total. The Morgan fingerprint density at radius 3 is 2.38 bits per heavy atom. The summed E-state index contributed by atoms with van der Waals surface area (Å²) in [4.78, 5) is 12.3. The number of nitrogens with zero attached hydrogens (tertiary/aromatic N) is 4. The highest BCUT2D eigenvalue weighted by atomic mass is 16.5. The molecule has 136 valence electrons. The molecular weight excluding hydrogens is 332 g/mol. The van der Waals surface area contributed by atoms with E-state index in [1.807, 2.05) is 42.5 Å². The molecule has 1 aromatic heterocycles. The van der Waals surface area contributed by atoms with Gasteiger partial charge in [0.15, 0.2) is 11.5 Å². The number of rotatable bonds is 6. The molecule has 0 aliphatic heterocycles. The van der Waals surface area contributed by atoms with Crippen LogP contribution >= 0.6 is 0 Å². The summed E-state index contributed by atoms with van der Waals surface area (Å²) in [6, 6.07) is 13.3. The van der Waals surface area contributed by atoms with Crippen molar-refractivity contribution in [1.82, 2.24) is 19.8 Å². The van der Waals surface area contributed by atoms with Crippen LogP contribution in [0.25, 0.3) is 5.69 Å². The van der Waals surface area contributed by atoms with E-state index >= 15 is 0 Å². The first-order valence-corrected chi connectivity index (χ1v) is 8.40. The Balaban J connectivity index is 2.04. The van der Waals surface area contributed by atoms with Gasteiger partial charge in [0, 0.05) is 12.6 Å². The van der Waals surface area contributed by atoms with Gasteiger partial charge < -0.3 is 9.47 Å². The standard InChI is InChI=1S/C19H22N4O3/c1-13(2)14-8-7-9-16(23-19(24)22(3)20-21-23)15(14)12-26-18-11-6-5-10-17(18)25-4/h5-11,13H,12H2,1-4H3. The molecule has 0 radical (unpaired) electrons. The molecular formula is C19H22N4O3. The second-order valence-electron chi connectivity index (χ2n) is 6.24. The van der Waals surface area contributed by atoms with E-state index in [2.05, 4.69) is 24.3 Å². The molecule has 0 bridgehead atoms. The van der Waals surface area contributed by atoms with Gasteiger partial charge in [0.05, 0.1) is 12.8 Å². The highest BCUT2D eigenvalue weighted by molar-refractivity contribution is 5.47. The van der Waals surface area contributed by atoms with Gasteiger partial charge in [-0.05, 0) is 40.1 Å². The zero-order valence-corrected chi connectivity index (χ0v) is 15.3. The van der Waals surface area contributed by atoms with Gasteiger partial charge in [0.25, 0.3) is 0 Å². The number of aromatic nitrogens is 4. The van der Waals surface area contributed by atoms with Crippen LogP contribution in [0.4, 0.5) is 0 Å². The van der Waals surface area contributed by atoms with E-state index in [0.717, 1.165) is 11.1 Å². The van der Waals surface area contributed by atoms with Gasteiger partial charge in [0.2, 0.25) is 0 Å². The first-order chi connectivity index (χ1) is 12.5. The van der Waals surface area contributed by atoms with E-state index in [0.29, 0.717) is 17.2 Å². The molecule has 0 atom stereocenters. The molecule has 0 saturated heterocycles. The Labute approximate surface area is 151 Å². The maximum Gasteiger partial charge on any atom is 0.368 e. The molecule has 0 aliphatic rings. The summed E-state index contributed by atoms with van der Waals surface area (Å²) in [6.07, 6.45) is 0. The molecule has 0 aliphatic carbocycles. The molecule has 7 heteroatoms. The van der Waals surface area contributed by atoms with Crippen molar-refractivity contribution in [2.24, 2.45) is 7.05 Å². The summed E-state index contributed by atoms with van der Waals surface area (Å²) in [5.41, 5.74) is 2.36. The topological polar surface area (TPSA) is 71.2 Å². The van der Waals surface area contributed by atoms with Crippen molar-refractivity contribution in [3.05, 3.63) is 64.1 Å². The van der Waals surface area contributed by atoms with Gasteiger partial charge in [-0.1, -0.05) is 38.1 Å². The van der Waals surface area contributed by atoms with Crippen molar-refractivity contribution in [2.45, 2.75) is 26.4 Å². The number of tetrazole rings is 1. The van der Waals surface area contributed by atoms with Gasteiger partial charge in [-0.2, -0.15) is 9.36 Å². The van der Waals surface area contributed by atoms with Gasteiger partial charge in [-0.25, -0.2) is 4.79 Å². The smallest absolute Gasteiger partial charge is 0.368 e. The number of benzene rings is 2. The zero-order chi connectivity index (χ0) is 18.7. The van der Waals surface area contributed by atoms with E-state index in [1.54, 1.807) is 14.2 Å². The molecule has 3 rings (SSSR count). The van der Waals surface area contributed by atoms with Crippen molar-refractivity contribution >= 4 is 0 Å². The van der Waals surface area contributed by atoms with Crippen molar-refractivity contribution in [3.63, 3.8) is 0 Å². The van der Waals surface area contributed by atoms with Gasteiger partial charge in [0.1, 0.15) is 6.61 Å².